The molecule has 0 radical (unpaired) electrons. The molecule has 1 saturated carbocycles. The largest absolute Gasteiger partial charge is 0.507 e. The summed E-state index contributed by atoms with van der Waals surface area (Å²) in [5.41, 5.74) is 0.552. The van der Waals surface area contributed by atoms with Gasteiger partial charge in [-0.25, -0.2) is 8.42 Å². The standard InChI is InChI=1S/C19H21BrN2O6S/c20-13-4-5-16(24)17(10-13)29(27,28)22-15-9-12(11-2-3-11)8-14(18(15)25)19(26)21-6-1-7-23/h4-5,8-11,22-25H,1-3,6-7H2,(H,21,26). The van der Waals surface area contributed by atoms with Gasteiger partial charge in [0.25, 0.3) is 15.9 Å². The summed E-state index contributed by atoms with van der Waals surface area (Å²) in [4.78, 5) is 12.1. The van der Waals surface area contributed by atoms with E-state index in [0.29, 0.717) is 10.9 Å². The van der Waals surface area contributed by atoms with Crippen LogP contribution in [0.5, 0.6) is 11.5 Å². The smallest absolute Gasteiger partial charge is 0.265 e. The van der Waals surface area contributed by atoms with Crippen molar-refractivity contribution in [2.75, 3.05) is 17.9 Å². The Morgan fingerprint density at radius 1 is 1.17 bits per heavy atom. The Morgan fingerprint density at radius 2 is 1.90 bits per heavy atom. The molecule has 156 valence electrons. The van der Waals surface area contributed by atoms with Crippen LogP contribution in [0.3, 0.4) is 0 Å². The summed E-state index contributed by atoms with van der Waals surface area (Å²) >= 11 is 3.16. The van der Waals surface area contributed by atoms with Crippen LogP contribution < -0.4 is 10.0 Å². The quantitative estimate of drug-likeness (QED) is 0.288. The molecular weight excluding hydrogens is 464 g/mol. The van der Waals surface area contributed by atoms with Crippen LogP contribution in [0.15, 0.2) is 39.7 Å². The van der Waals surface area contributed by atoms with Crippen molar-refractivity contribution in [2.45, 2.75) is 30.1 Å². The van der Waals surface area contributed by atoms with Crippen LogP contribution in [0.4, 0.5) is 5.69 Å². The lowest BCUT2D eigenvalue weighted by atomic mass is 10.0. The summed E-state index contributed by atoms with van der Waals surface area (Å²) in [7, 11) is -4.23. The van der Waals surface area contributed by atoms with Gasteiger partial charge in [-0.15, -0.1) is 0 Å². The van der Waals surface area contributed by atoms with E-state index in [1.54, 1.807) is 6.07 Å². The highest BCUT2D eigenvalue weighted by Crippen LogP contribution is 2.44. The molecule has 0 atom stereocenters. The number of phenolic OH excluding ortho intramolecular Hbond substituents is 2. The summed E-state index contributed by atoms with van der Waals surface area (Å²) in [6, 6.07) is 7.02. The van der Waals surface area contributed by atoms with E-state index >= 15 is 0 Å². The Morgan fingerprint density at radius 3 is 2.55 bits per heavy atom. The first kappa shape index (κ1) is 21.4. The molecule has 1 fully saturated rings. The predicted octanol–water partition coefficient (Wildman–Crippen LogP) is 2.65. The number of aliphatic hydroxyl groups excluding tert-OH is 1. The van der Waals surface area contributed by atoms with Crippen LogP contribution >= 0.6 is 15.9 Å². The lowest BCUT2D eigenvalue weighted by molar-refractivity contribution is 0.0948. The van der Waals surface area contributed by atoms with Crippen LogP contribution in [0.25, 0.3) is 0 Å². The maximum Gasteiger partial charge on any atom is 0.265 e. The van der Waals surface area contributed by atoms with E-state index in [1.165, 1.54) is 24.3 Å². The second-order valence-electron chi connectivity index (χ2n) is 6.79. The van der Waals surface area contributed by atoms with E-state index in [9.17, 15) is 23.4 Å². The van der Waals surface area contributed by atoms with E-state index in [4.69, 9.17) is 5.11 Å². The maximum absolute atomic E-state index is 12.8. The van der Waals surface area contributed by atoms with Crippen molar-refractivity contribution in [3.63, 3.8) is 0 Å². The zero-order valence-electron chi connectivity index (χ0n) is 15.4. The van der Waals surface area contributed by atoms with Crippen molar-refractivity contribution >= 4 is 37.5 Å². The van der Waals surface area contributed by atoms with Crippen molar-refractivity contribution < 1.29 is 28.5 Å². The predicted molar refractivity (Wildman–Crippen MR) is 111 cm³/mol. The Labute approximate surface area is 176 Å². The van der Waals surface area contributed by atoms with Crippen LogP contribution in [-0.4, -0.2) is 42.8 Å². The molecule has 8 nitrogen and oxygen atoms in total. The molecule has 2 aromatic carbocycles. The highest BCUT2D eigenvalue weighted by molar-refractivity contribution is 9.10. The third-order valence-electron chi connectivity index (χ3n) is 4.50. The number of phenols is 2. The number of halogens is 1. The molecular formula is C19H21BrN2O6S. The summed E-state index contributed by atoms with van der Waals surface area (Å²) in [5, 5.41) is 31.9. The third kappa shape index (κ3) is 5.01. The molecule has 1 aliphatic carbocycles. The molecule has 0 aliphatic heterocycles. The fourth-order valence-electron chi connectivity index (χ4n) is 2.84. The number of benzene rings is 2. The normalized spacial score (nSPS) is 13.9. The van der Waals surface area contributed by atoms with Gasteiger partial charge in [0.1, 0.15) is 10.6 Å². The molecule has 0 heterocycles. The molecule has 10 heteroatoms. The zero-order chi connectivity index (χ0) is 21.2. The van der Waals surface area contributed by atoms with Crippen LogP contribution in [0.2, 0.25) is 0 Å². The molecule has 0 spiro atoms. The van der Waals surface area contributed by atoms with Gasteiger partial charge in [0.15, 0.2) is 5.75 Å². The molecule has 1 aliphatic rings. The fraction of sp³-hybridized carbons (Fsp3) is 0.316. The van der Waals surface area contributed by atoms with Crippen molar-refractivity contribution in [2.24, 2.45) is 0 Å². The van der Waals surface area contributed by atoms with Gasteiger partial charge in [-0.1, -0.05) is 15.9 Å². The van der Waals surface area contributed by atoms with E-state index < -0.39 is 27.4 Å². The molecule has 5 N–H and O–H groups in total. The third-order valence-corrected chi connectivity index (χ3v) is 6.39. The number of anilines is 1. The number of carbonyl (C=O) groups is 1. The first-order chi connectivity index (χ1) is 13.7. The SMILES string of the molecule is O=C(NCCCO)c1cc(C2CC2)cc(NS(=O)(=O)c2cc(Br)ccc2O)c1O. The van der Waals surface area contributed by atoms with Crippen molar-refractivity contribution in [3.05, 3.63) is 45.9 Å². The van der Waals surface area contributed by atoms with Gasteiger partial charge in [-0.05, 0) is 61.1 Å². The number of hydrogen-bond acceptors (Lipinski definition) is 6. The average Bonchev–Trinajstić information content (AvgIpc) is 3.50. The minimum absolute atomic E-state index is 0.0523. The highest BCUT2D eigenvalue weighted by atomic mass is 79.9. The molecule has 2 aromatic rings. The Kier molecular flexibility index (Phi) is 6.35. The number of nitrogens with one attached hydrogen (secondary N) is 2. The summed E-state index contributed by atoms with van der Waals surface area (Å²) in [6.07, 6.45) is 2.18. The Bertz CT molecular complexity index is 1040. The van der Waals surface area contributed by atoms with Gasteiger partial charge >= 0.3 is 0 Å². The van der Waals surface area contributed by atoms with Gasteiger partial charge in [-0.3, -0.25) is 9.52 Å². The minimum atomic E-state index is -4.23. The topological polar surface area (TPSA) is 136 Å². The number of aromatic hydroxyl groups is 2. The number of aliphatic hydroxyl groups is 1. The number of rotatable bonds is 8. The number of carbonyl (C=O) groups excluding carboxylic acids is 1. The van der Waals surface area contributed by atoms with Gasteiger partial charge < -0.3 is 20.6 Å². The van der Waals surface area contributed by atoms with E-state index in [0.717, 1.165) is 18.4 Å². The number of hydrogen-bond donors (Lipinski definition) is 5. The van der Waals surface area contributed by atoms with E-state index in [1.807, 2.05) is 0 Å². The Balaban J connectivity index is 1.98. The van der Waals surface area contributed by atoms with Crippen molar-refractivity contribution in [3.8, 4) is 11.5 Å². The maximum atomic E-state index is 12.8. The molecule has 3 rings (SSSR count). The second-order valence-corrected chi connectivity index (χ2v) is 9.36. The number of amides is 1. The molecule has 0 unspecified atom stereocenters. The average molecular weight is 485 g/mol. The minimum Gasteiger partial charge on any atom is -0.507 e. The lowest BCUT2D eigenvalue weighted by Gasteiger charge is -2.15. The van der Waals surface area contributed by atoms with Crippen molar-refractivity contribution in [1.29, 1.82) is 0 Å². The van der Waals surface area contributed by atoms with Crippen molar-refractivity contribution in [1.82, 2.24) is 5.32 Å². The van der Waals surface area contributed by atoms with Crippen LogP contribution in [0, 0.1) is 0 Å². The number of sulfonamides is 1. The van der Waals surface area contributed by atoms with Gasteiger partial charge in [0, 0.05) is 17.6 Å². The first-order valence-corrected chi connectivity index (χ1v) is 11.3. The summed E-state index contributed by atoms with van der Waals surface area (Å²) in [5.74, 6) is -1.32. The monoisotopic (exact) mass is 484 g/mol. The summed E-state index contributed by atoms with van der Waals surface area (Å²) < 4.78 is 28.3. The summed E-state index contributed by atoms with van der Waals surface area (Å²) in [6.45, 7) is 0.130. The molecule has 1 amide bonds. The Hall–Kier alpha value is -2.30. The second kappa shape index (κ2) is 8.60. The van der Waals surface area contributed by atoms with Gasteiger partial charge in [-0.2, -0.15) is 0 Å². The molecule has 0 aromatic heterocycles. The van der Waals surface area contributed by atoms with E-state index in [-0.39, 0.29) is 35.2 Å². The zero-order valence-corrected chi connectivity index (χ0v) is 17.8. The van der Waals surface area contributed by atoms with Crippen LogP contribution in [0.1, 0.15) is 41.1 Å². The van der Waals surface area contributed by atoms with Gasteiger partial charge in [0.05, 0.1) is 11.3 Å². The first-order valence-electron chi connectivity index (χ1n) is 9.00. The lowest BCUT2D eigenvalue weighted by Crippen LogP contribution is -2.25. The van der Waals surface area contributed by atoms with Gasteiger partial charge in [0.2, 0.25) is 0 Å². The highest BCUT2D eigenvalue weighted by Gasteiger charge is 2.29. The molecule has 0 saturated heterocycles. The molecule has 29 heavy (non-hydrogen) atoms. The van der Waals surface area contributed by atoms with Crippen LogP contribution in [-0.2, 0) is 10.0 Å². The van der Waals surface area contributed by atoms with E-state index in [2.05, 4.69) is 26.0 Å². The molecule has 0 bridgehead atoms. The fourth-order valence-corrected chi connectivity index (χ4v) is 4.53.